The molecule has 0 fully saturated rings. The monoisotopic (exact) mass is 206 g/mol. The molecule has 3 nitrogen and oxygen atoms in total. The van der Waals surface area contributed by atoms with Gasteiger partial charge in [0.05, 0.1) is 11.9 Å². The molecule has 2 aromatic rings. The summed E-state index contributed by atoms with van der Waals surface area (Å²) in [5.74, 6) is 0. The van der Waals surface area contributed by atoms with Crippen molar-refractivity contribution >= 4 is 11.6 Å². The second-order valence-corrected chi connectivity index (χ2v) is 3.14. The maximum Gasteiger partial charge on any atom is 0.266 e. The Balaban J connectivity index is 2.62. The van der Waals surface area contributed by atoms with Gasteiger partial charge in [0.25, 0.3) is 5.56 Å². The Morgan fingerprint density at radius 1 is 1.21 bits per heavy atom. The zero-order valence-electron chi connectivity index (χ0n) is 7.20. The average molecular weight is 207 g/mol. The summed E-state index contributed by atoms with van der Waals surface area (Å²) in [6, 6.07) is 9.36. The molecule has 70 valence electrons. The van der Waals surface area contributed by atoms with Gasteiger partial charge in [0, 0.05) is 5.56 Å². The molecule has 14 heavy (non-hydrogen) atoms. The highest BCUT2D eigenvalue weighted by atomic mass is 35.5. The van der Waals surface area contributed by atoms with E-state index in [9.17, 15) is 4.79 Å². The van der Waals surface area contributed by atoms with E-state index in [2.05, 4.69) is 9.97 Å². The molecule has 2 rings (SSSR count). The maximum absolute atomic E-state index is 11.0. The first-order valence-corrected chi connectivity index (χ1v) is 4.45. The first kappa shape index (κ1) is 8.97. The third-order valence-electron chi connectivity index (χ3n) is 1.81. The molecule has 0 aliphatic carbocycles. The molecule has 0 bridgehead atoms. The molecular formula is C10H7ClN2O. The number of rotatable bonds is 1. The summed E-state index contributed by atoms with van der Waals surface area (Å²) in [6.07, 6.45) is 1.16. The van der Waals surface area contributed by atoms with Crippen LogP contribution in [0.1, 0.15) is 0 Å². The lowest BCUT2D eigenvalue weighted by Crippen LogP contribution is -2.06. The minimum atomic E-state index is -0.256. The minimum absolute atomic E-state index is 0.256. The summed E-state index contributed by atoms with van der Waals surface area (Å²) in [5, 5.41) is 0.302. The third kappa shape index (κ3) is 1.67. The van der Waals surface area contributed by atoms with Crippen LogP contribution in [0.3, 0.4) is 0 Å². The van der Waals surface area contributed by atoms with Gasteiger partial charge in [-0.25, -0.2) is 4.98 Å². The van der Waals surface area contributed by atoms with Crippen LogP contribution in [0.5, 0.6) is 0 Å². The fraction of sp³-hybridized carbons (Fsp3) is 0. The highest BCUT2D eigenvalue weighted by molar-refractivity contribution is 6.31. The molecule has 0 aliphatic rings. The van der Waals surface area contributed by atoms with Crippen LogP contribution in [0.2, 0.25) is 5.15 Å². The predicted molar refractivity (Wildman–Crippen MR) is 55.3 cm³/mol. The Labute approximate surface area is 85.4 Å². The summed E-state index contributed by atoms with van der Waals surface area (Å²) in [4.78, 5) is 17.5. The topological polar surface area (TPSA) is 45.8 Å². The molecule has 0 spiro atoms. The van der Waals surface area contributed by atoms with Crippen molar-refractivity contribution in [1.82, 2.24) is 9.97 Å². The molecule has 1 heterocycles. The molecule has 0 aliphatic heterocycles. The van der Waals surface area contributed by atoms with E-state index in [0.29, 0.717) is 10.8 Å². The molecule has 1 N–H and O–H groups in total. The van der Waals surface area contributed by atoms with E-state index < -0.39 is 0 Å². The number of aromatic amines is 1. The molecule has 1 aromatic heterocycles. The van der Waals surface area contributed by atoms with E-state index in [1.54, 1.807) is 0 Å². The SMILES string of the molecule is O=c1cnc(Cl)c(-c2ccccc2)[nH]1. The second kappa shape index (κ2) is 3.64. The van der Waals surface area contributed by atoms with Crippen molar-refractivity contribution in [1.29, 1.82) is 0 Å². The van der Waals surface area contributed by atoms with Gasteiger partial charge in [-0.2, -0.15) is 0 Å². The van der Waals surface area contributed by atoms with Crippen molar-refractivity contribution < 1.29 is 0 Å². The molecule has 1 aromatic carbocycles. The maximum atomic E-state index is 11.0. The number of hydrogen-bond acceptors (Lipinski definition) is 2. The van der Waals surface area contributed by atoms with Crippen LogP contribution in [0.15, 0.2) is 41.3 Å². The average Bonchev–Trinajstić information content (AvgIpc) is 2.23. The van der Waals surface area contributed by atoms with Crippen molar-refractivity contribution in [3.63, 3.8) is 0 Å². The van der Waals surface area contributed by atoms with E-state index >= 15 is 0 Å². The lowest BCUT2D eigenvalue weighted by atomic mass is 10.2. The van der Waals surface area contributed by atoms with Gasteiger partial charge < -0.3 is 4.98 Å². The molecular weight excluding hydrogens is 200 g/mol. The Kier molecular flexibility index (Phi) is 2.33. The van der Waals surface area contributed by atoms with Crippen molar-refractivity contribution in [2.45, 2.75) is 0 Å². The van der Waals surface area contributed by atoms with E-state index in [-0.39, 0.29) is 5.56 Å². The lowest BCUT2D eigenvalue weighted by Gasteiger charge is -2.01. The van der Waals surface area contributed by atoms with Gasteiger partial charge in [0.15, 0.2) is 5.15 Å². The van der Waals surface area contributed by atoms with E-state index in [0.717, 1.165) is 11.8 Å². The zero-order chi connectivity index (χ0) is 9.97. The van der Waals surface area contributed by atoms with Gasteiger partial charge >= 0.3 is 0 Å². The summed E-state index contributed by atoms with van der Waals surface area (Å²) < 4.78 is 0. The lowest BCUT2D eigenvalue weighted by molar-refractivity contribution is 1.14. The summed E-state index contributed by atoms with van der Waals surface area (Å²) in [6.45, 7) is 0. The van der Waals surface area contributed by atoms with Crippen LogP contribution in [0.25, 0.3) is 11.3 Å². The largest absolute Gasteiger partial charge is 0.318 e. The standard InChI is InChI=1S/C10H7ClN2O/c11-10-9(13-8(14)6-12-10)7-4-2-1-3-5-7/h1-6H,(H,13,14). The normalized spacial score (nSPS) is 10.1. The number of aromatic nitrogens is 2. The summed E-state index contributed by atoms with van der Waals surface area (Å²) >= 11 is 5.85. The van der Waals surface area contributed by atoms with Crippen molar-refractivity contribution in [3.05, 3.63) is 52.0 Å². The molecule has 0 amide bonds. The number of benzene rings is 1. The van der Waals surface area contributed by atoms with Gasteiger partial charge in [-0.15, -0.1) is 0 Å². The number of nitrogens with one attached hydrogen (secondary N) is 1. The van der Waals surface area contributed by atoms with Crippen molar-refractivity contribution in [3.8, 4) is 11.3 Å². The smallest absolute Gasteiger partial charge is 0.266 e. The van der Waals surface area contributed by atoms with Crippen LogP contribution in [-0.4, -0.2) is 9.97 Å². The van der Waals surface area contributed by atoms with Crippen molar-refractivity contribution in [2.24, 2.45) is 0 Å². The van der Waals surface area contributed by atoms with E-state index in [1.165, 1.54) is 0 Å². The molecule has 0 radical (unpaired) electrons. The van der Waals surface area contributed by atoms with Gasteiger partial charge in [0.1, 0.15) is 0 Å². The summed E-state index contributed by atoms with van der Waals surface area (Å²) in [5.41, 5.74) is 1.15. The number of H-pyrrole nitrogens is 1. The Bertz CT molecular complexity index is 493. The van der Waals surface area contributed by atoms with Gasteiger partial charge in [-0.1, -0.05) is 41.9 Å². The van der Waals surface area contributed by atoms with Crippen LogP contribution >= 0.6 is 11.6 Å². The molecule has 0 saturated heterocycles. The Morgan fingerprint density at radius 3 is 2.64 bits per heavy atom. The molecule has 4 heteroatoms. The Hall–Kier alpha value is -1.61. The van der Waals surface area contributed by atoms with Gasteiger partial charge in [0.2, 0.25) is 0 Å². The Morgan fingerprint density at radius 2 is 1.93 bits per heavy atom. The molecule has 0 saturated carbocycles. The first-order valence-electron chi connectivity index (χ1n) is 4.07. The zero-order valence-corrected chi connectivity index (χ0v) is 7.95. The summed E-state index contributed by atoms with van der Waals surface area (Å²) in [7, 11) is 0. The van der Waals surface area contributed by atoms with Crippen LogP contribution in [0.4, 0.5) is 0 Å². The fourth-order valence-electron chi connectivity index (χ4n) is 1.18. The predicted octanol–water partition coefficient (Wildman–Crippen LogP) is 2.09. The quantitative estimate of drug-likeness (QED) is 0.777. The van der Waals surface area contributed by atoms with Gasteiger partial charge in [-0.05, 0) is 0 Å². The number of hydrogen-bond donors (Lipinski definition) is 1. The molecule has 0 unspecified atom stereocenters. The highest BCUT2D eigenvalue weighted by Gasteiger charge is 2.04. The number of halogens is 1. The molecule has 0 atom stereocenters. The van der Waals surface area contributed by atoms with E-state index in [1.807, 2.05) is 30.3 Å². The highest BCUT2D eigenvalue weighted by Crippen LogP contribution is 2.21. The van der Waals surface area contributed by atoms with Gasteiger partial charge in [-0.3, -0.25) is 4.79 Å². The second-order valence-electron chi connectivity index (χ2n) is 2.78. The third-order valence-corrected chi connectivity index (χ3v) is 2.10. The van der Waals surface area contributed by atoms with Crippen LogP contribution < -0.4 is 5.56 Å². The minimum Gasteiger partial charge on any atom is -0.318 e. The van der Waals surface area contributed by atoms with Crippen LogP contribution in [-0.2, 0) is 0 Å². The van der Waals surface area contributed by atoms with E-state index in [4.69, 9.17) is 11.6 Å². The first-order chi connectivity index (χ1) is 6.77. The number of nitrogens with zero attached hydrogens (tertiary/aromatic N) is 1. The van der Waals surface area contributed by atoms with Crippen LogP contribution in [0, 0.1) is 0 Å². The van der Waals surface area contributed by atoms with Crippen molar-refractivity contribution in [2.75, 3.05) is 0 Å². The fourth-order valence-corrected chi connectivity index (χ4v) is 1.39.